The smallest absolute Gasteiger partial charge is 0.481 e. The molecule has 1 aromatic rings. The number of carbonyl (C=O) groups is 1. The van der Waals surface area contributed by atoms with Crippen LogP contribution in [0.15, 0.2) is 30.2 Å². The molecule has 0 amide bonds. The Bertz CT molecular complexity index is 650. The highest BCUT2D eigenvalue weighted by molar-refractivity contribution is 6.24. The van der Waals surface area contributed by atoms with Crippen LogP contribution >= 0.6 is 11.6 Å². The van der Waals surface area contributed by atoms with Crippen LogP contribution in [0.25, 0.3) is 5.57 Å². The predicted octanol–water partition coefficient (Wildman–Crippen LogP) is 3.31. The van der Waals surface area contributed by atoms with E-state index in [9.17, 15) is 22.4 Å². The van der Waals surface area contributed by atoms with Gasteiger partial charge in [-0.05, 0) is 19.1 Å². The van der Waals surface area contributed by atoms with Crippen LogP contribution in [-0.2, 0) is 11.1 Å². The van der Waals surface area contributed by atoms with Gasteiger partial charge in [-0.25, -0.2) is 4.39 Å². The van der Waals surface area contributed by atoms with Gasteiger partial charge < -0.3 is 5.11 Å². The van der Waals surface area contributed by atoms with Crippen LogP contribution < -0.4 is 0 Å². The van der Waals surface area contributed by atoms with E-state index in [1.54, 1.807) is 0 Å². The average Bonchev–Trinajstić information content (AvgIpc) is 2.82. The zero-order chi connectivity index (χ0) is 16.0. The molecule has 1 aliphatic rings. The van der Waals surface area contributed by atoms with Crippen molar-refractivity contribution in [3.05, 3.63) is 35.9 Å². The Balaban J connectivity index is 2.49. The molecule has 0 radical (unpaired) electrons. The maximum atomic E-state index is 13.9. The molecular formula is C12H9ClF4N2O2. The molecule has 2 rings (SSSR count). The third-order valence-corrected chi connectivity index (χ3v) is 3.73. The molecule has 0 bridgehead atoms. The standard InChI is InChI=1S/C12H9ClF4N2O2/c1-11(10(20)21)5-6(7(14)4-9(11)13)8-2-3-19(18-8)12(15,16)17/h2-5,9H,1H3,(H,20,21). The molecule has 0 aromatic carbocycles. The van der Waals surface area contributed by atoms with Crippen LogP contribution in [0, 0.1) is 5.41 Å². The van der Waals surface area contributed by atoms with Gasteiger partial charge >= 0.3 is 12.3 Å². The largest absolute Gasteiger partial charge is 0.504 e. The summed E-state index contributed by atoms with van der Waals surface area (Å²) >= 11 is 5.80. The van der Waals surface area contributed by atoms with Crippen LogP contribution in [-0.4, -0.2) is 26.2 Å². The van der Waals surface area contributed by atoms with Crippen molar-refractivity contribution in [2.75, 3.05) is 0 Å². The molecule has 0 spiro atoms. The summed E-state index contributed by atoms with van der Waals surface area (Å²) in [7, 11) is 0. The number of allylic oxidation sites excluding steroid dienone is 3. The van der Waals surface area contributed by atoms with Crippen molar-refractivity contribution in [1.29, 1.82) is 0 Å². The first kappa shape index (κ1) is 15.6. The number of halogens is 5. The van der Waals surface area contributed by atoms with E-state index < -0.39 is 28.9 Å². The number of hydrogen-bond acceptors (Lipinski definition) is 2. The molecule has 21 heavy (non-hydrogen) atoms. The van der Waals surface area contributed by atoms with E-state index in [-0.39, 0.29) is 15.9 Å². The van der Waals surface area contributed by atoms with Crippen molar-refractivity contribution in [3.8, 4) is 0 Å². The normalized spacial score (nSPS) is 26.3. The first-order valence-corrected chi connectivity index (χ1v) is 6.10. The number of carboxylic acids is 1. The number of aliphatic carboxylic acids is 1. The van der Waals surface area contributed by atoms with Gasteiger partial charge in [0.2, 0.25) is 0 Å². The van der Waals surface area contributed by atoms with E-state index in [1.165, 1.54) is 6.92 Å². The average molecular weight is 325 g/mol. The summed E-state index contributed by atoms with van der Waals surface area (Å²) < 4.78 is 51.0. The lowest BCUT2D eigenvalue weighted by atomic mass is 9.80. The van der Waals surface area contributed by atoms with E-state index in [0.29, 0.717) is 6.20 Å². The SMILES string of the molecule is CC1(C(=O)O)C=C(c2ccn(C(F)(F)F)n2)C(F)=CC1Cl. The molecule has 9 heteroatoms. The van der Waals surface area contributed by atoms with Crippen LogP contribution in [0.2, 0.25) is 0 Å². The van der Waals surface area contributed by atoms with Gasteiger partial charge in [0.05, 0.1) is 11.1 Å². The molecule has 0 saturated heterocycles. The molecule has 0 aliphatic heterocycles. The topological polar surface area (TPSA) is 55.1 Å². The second-order valence-electron chi connectivity index (χ2n) is 4.68. The monoisotopic (exact) mass is 324 g/mol. The Hall–Kier alpha value is -1.83. The highest BCUT2D eigenvalue weighted by Gasteiger charge is 2.42. The first-order valence-electron chi connectivity index (χ1n) is 5.67. The molecule has 2 atom stereocenters. The minimum atomic E-state index is -4.74. The van der Waals surface area contributed by atoms with Crippen molar-refractivity contribution in [3.63, 3.8) is 0 Å². The molecule has 0 saturated carbocycles. The van der Waals surface area contributed by atoms with E-state index in [0.717, 1.165) is 18.2 Å². The third-order valence-electron chi connectivity index (χ3n) is 3.15. The number of aromatic nitrogens is 2. The van der Waals surface area contributed by atoms with Crippen molar-refractivity contribution in [2.24, 2.45) is 5.41 Å². The van der Waals surface area contributed by atoms with Gasteiger partial charge in [-0.3, -0.25) is 4.79 Å². The quantitative estimate of drug-likeness (QED) is 0.671. The van der Waals surface area contributed by atoms with Gasteiger partial charge in [0.15, 0.2) is 0 Å². The maximum Gasteiger partial charge on any atom is 0.504 e. The summed E-state index contributed by atoms with van der Waals surface area (Å²) in [6.07, 6.45) is -2.30. The number of nitrogens with zero attached hydrogens (tertiary/aromatic N) is 2. The molecule has 2 unspecified atom stereocenters. The summed E-state index contributed by atoms with van der Waals surface area (Å²) in [4.78, 5) is 11.2. The number of alkyl halides is 4. The Labute approximate surface area is 121 Å². The number of carboxylic acid groups (broad SMARTS) is 1. The van der Waals surface area contributed by atoms with E-state index in [1.807, 2.05) is 0 Å². The maximum absolute atomic E-state index is 13.9. The summed E-state index contributed by atoms with van der Waals surface area (Å²) in [5.74, 6) is -2.24. The fourth-order valence-corrected chi connectivity index (χ4v) is 2.09. The lowest BCUT2D eigenvalue weighted by Gasteiger charge is -2.28. The number of hydrogen-bond donors (Lipinski definition) is 1. The minimum absolute atomic E-state index is 0.290. The lowest BCUT2D eigenvalue weighted by Crippen LogP contribution is -2.36. The van der Waals surface area contributed by atoms with Crippen LogP contribution in [0.3, 0.4) is 0 Å². The van der Waals surface area contributed by atoms with Crippen molar-refractivity contribution < 1.29 is 27.5 Å². The van der Waals surface area contributed by atoms with Crippen molar-refractivity contribution in [2.45, 2.75) is 18.6 Å². The van der Waals surface area contributed by atoms with Gasteiger partial charge in [-0.15, -0.1) is 24.8 Å². The molecule has 0 fully saturated rings. The Morgan fingerprint density at radius 3 is 2.62 bits per heavy atom. The van der Waals surface area contributed by atoms with E-state index >= 15 is 0 Å². The summed E-state index contributed by atoms with van der Waals surface area (Å²) in [6, 6.07) is 0.948. The Morgan fingerprint density at radius 2 is 2.14 bits per heavy atom. The van der Waals surface area contributed by atoms with E-state index in [2.05, 4.69) is 5.10 Å². The third kappa shape index (κ3) is 2.67. The molecule has 1 heterocycles. The molecule has 4 nitrogen and oxygen atoms in total. The molecule has 1 N–H and O–H groups in total. The molecular weight excluding hydrogens is 316 g/mol. The minimum Gasteiger partial charge on any atom is -0.481 e. The van der Waals surface area contributed by atoms with Crippen LogP contribution in [0.4, 0.5) is 17.6 Å². The summed E-state index contributed by atoms with van der Waals surface area (Å²) in [6.45, 7) is 1.25. The zero-order valence-electron chi connectivity index (χ0n) is 10.5. The number of rotatable bonds is 2. The Morgan fingerprint density at radius 1 is 1.52 bits per heavy atom. The highest BCUT2D eigenvalue weighted by atomic mass is 35.5. The Kier molecular flexibility index (Phi) is 3.61. The predicted molar refractivity (Wildman–Crippen MR) is 66.1 cm³/mol. The van der Waals surface area contributed by atoms with Gasteiger partial charge in [0.25, 0.3) is 0 Å². The summed E-state index contributed by atoms with van der Waals surface area (Å²) in [5.41, 5.74) is -2.30. The van der Waals surface area contributed by atoms with Crippen LogP contribution in [0.1, 0.15) is 12.6 Å². The van der Waals surface area contributed by atoms with Gasteiger partial charge in [-0.2, -0.15) is 9.78 Å². The second kappa shape index (κ2) is 4.87. The molecule has 1 aliphatic carbocycles. The zero-order valence-corrected chi connectivity index (χ0v) is 11.3. The van der Waals surface area contributed by atoms with Crippen molar-refractivity contribution >= 4 is 23.1 Å². The second-order valence-corrected chi connectivity index (χ2v) is 5.15. The first-order chi connectivity index (χ1) is 9.55. The lowest BCUT2D eigenvalue weighted by molar-refractivity contribution is -0.212. The molecule has 1 aromatic heterocycles. The van der Waals surface area contributed by atoms with Crippen LogP contribution in [0.5, 0.6) is 0 Å². The highest BCUT2D eigenvalue weighted by Crippen LogP contribution is 2.41. The molecule has 114 valence electrons. The van der Waals surface area contributed by atoms with Gasteiger partial charge in [0.1, 0.15) is 11.2 Å². The fraction of sp³-hybridized carbons (Fsp3) is 0.333. The van der Waals surface area contributed by atoms with Crippen molar-refractivity contribution in [1.82, 2.24) is 9.78 Å². The van der Waals surface area contributed by atoms with E-state index in [4.69, 9.17) is 16.7 Å². The van der Waals surface area contributed by atoms with Gasteiger partial charge in [0, 0.05) is 11.8 Å². The fourth-order valence-electron chi connectivity index (χ4n) is 1.82. The van der Waals surface area contributed by atoms with Gasteiger partial charge in [-0.1, -0.05) is 6.08 Å². The summed E-state index contributed by atoms with van der Waals surface area (Å²) in [5, 5.41) is 11.2.